The van der Waals surface area contributed by atoms with Gasteiger partial charge >= 0.3 is 0 Å². The van der Waals surface area contributed by atoms with Gasteiger partial charge in [-0.1, -0.05) is 24.3 Å². The normalized spacial score (nSPS) is 24.1. The van der Waals surface area contributed by atoms with Gasteiger partial charge < -0.3 is 9.84 Å². The minimum Gasteiger partial charge on any atom is -0.392 e. The fourth-order valence-electron chi connectivity index (χ4n) is 3.64. The molecule has 2 aliphatic heterocycles. The van der Waals surface area contributed by atoms with Crippen molar-refractivity contribution in [2.45, 2.75) is 31.8 Å². The number of benzene rings is 1. The number of aliphatic hydroxyl groups excluding tert-OH is 1. The number of aliphatic hydroxyl groups is 1. The molecule has 3 rings (SSSR count). The van der Waals surface area contributed by atoms with Crippen LogP contribution in [0.4, 0.5) is 0 Å². The van der Waals surface area contributed by atoms with Crippen LogP contribution in [-0.4, -0.2) is 49.9 Å². The molecule has 2 heterocycles. The maximum absolute atomic E-state index is 12.5. The van der Waals surface area contributed by atoms with Gasteiger partial charge in [-0.05, 0) is 42.2 Å². The highest BCUT2D eigenvalue weighted by Gasteiger charge is 2.32. The second-order valence-electron chi connectivity index (χ2n) is 6.54. The van der Waals surface area contributed by atoms with Crippen molar-refractivity contribution < 1.29 is 18.3 Å². The number of ether oxygens (including phenoxy) is 1. The molecular formula is C17H25NO4S. The van der Waals surface area contributed by atoms with Crippen molar-refractivity contribution in [2.75, 3.05) is 32.1 Å². The summed E-state index contributed by atoms with van der Waals surface area (Å²) in [7, 11) is -3.18. The van der Waals surface area contributed by atoms with Crippen LogP contribution >= 0.6 is 0 Å². The number of piperidine rings is 1. The first-order chi connectivity index (χ1) is 11.1. The van der Waals surface area contributed by atoms with Crippen LogP contribution in [0, 0.1) is 5.92 Å². The summed E-state index contributed by atoms with van der Waals surface area (Å²) < 4.78 is 32.0. The van der Waals surface area contributed by atoms with E-state index in [4.69, 9.17) is 4.74 Å². The summed E-state index contributed by atoms with van der Waals surface area (Å²) in [6.45, 7) is 2.43. The highest BCUT2D eigenvalue weighted by atomic mass is 32.2. The van der Waals surface area contributed by atoms with Crippen LogP contribution in [0.25, 0.3) is 0 Å². The molecular weight excluding hydrogens is 314 g/mol. The maximum atomic E-state index is 12.5. The molecule has 1 aromatic carbocycles. The van der Waals surface area contributed by atoms with Crippen molar-refractivity contribution in [1.29, 1.82) is 0 Å². The molecule has 2 saturated heterocycles. The lowest BCUT2D eigenvalue weighted by Crippen LogP contribution is -2.40. The summed E-state index contributed by atoms with van der Waals surface area (Å²) in [5.74, 6) is 0.692. The van der Waals surface area contributed by atoms with Crippen LogP contribution < -0.4 is 0 Å². The Hall–Kier alpha value is -0.950. The van der Waals surface area contributed by atoms with E-state index in [0.717, 1.165) is 30.4 Å². The van der Waals surface area contributed by atoms with Crippen molar-refractivity contribution in [3.05, 3.63) is 35.4 Å². The molecule has 2 fully saturated rings. The average molecular weight is 339 g/mol. The van der Waals surface area contributed by atoms with Gasteiger partial charge in [-0.3, -0.25) is 0 Å². The molecule has 1 unspecified atom stereocenters. The van der Waals surface area contributed by atoms with Gasteiger partial charge in [0.1, 0.15) is 0 Å². The molecule has 0 aliphatic carbocycles. The summed E-state index contributed by atoms with van der Waals surface area (Å²) in [6.07, 6.45) is 2.48. The van der Waals surface area contributed by atoms with E-state index in [1.165, 1.54) is 0 Å². The number of hydrogen-bond donors (Lipinski definition) is 1. The van der Waals surface area contributed by atoms with Gasteiger partial charge in [0.05, 0.1) is 19.0 Å². The molecule has 0 bridgehead atoms. The molecule has 0 spiro atoms. The Balaban J connectivity index is 1.61. The minimum absolute atomic E-state index is 0.0381. The van der Waals surface area contributed by atoms with E-state index in [1.807, 2.05) is 18.2 Å². The molecule has 6 heteroatoms. The Morgan fingerprint density at radius 3 is 2.57 bits per heavy atom. The number of rotatable bonds is 5. The SMILES string of the molecule is O=S(=O)(CC1CCOC1)N1CCC(c2ccccc2CO)CC1. The van der Waals surface area contributed by atoms with Gasteiger partial charge in [-0.25, -0.2) is 12.7 Å². The van der Waals surface area contributed by atoms with Crippen molar-refractivity contribution in [3.63, 3.8) is 0 Å². The summed E-state index contributed by atoms with van der Waals surface area (Å²) in [6, 6.07) is 7.91. The first kappa shape index (κ1) is 16.9. The number of hydrogen-bond acceptors (Lipinski definition) is 4. The Morgan fingerprint density at radius 1 is 1.17 bits per heavy atom. The summed E-state index contributed by atoms with van der Waals surface area (Å²) >= 11 is 0. The van der Waals surface area contributed by atoms with E-state index >= 15 is 0 Å². The molecule has 128 valence electrons. The molecule has 1 N–H and O–H groups in total. The van der Waals surface area contributed by atoms with Crippen LogP contribution in [0.15, 0.2) is 24.3 Å². The molecule has 1 atom stereocenters. The molecule has 0 aromatic heterocycles. The zero-order valence-corrected chi connectivity index (χ0v) is 14.2. The van der Waals surface area contributed by atoms with Crippen molar-refractivity contribution in [2.24, 2.45) is 5.92 Å². The van der Waals surface area contributed by atoms with E-state index in [0.29, 0.717) is 32.2 Å². The van der Waals surface area contributed by atoms with Crippen LogP contribution in [-0.2, 0) is 21.4 Å². The molecule has 0 saturated carbocycles. The third kappa shape index (κ3) is 3.94. The first-order valence-corrected chi connectivity index (χ1v) is 9.95. The topological polar surface area (TPSA) is 66.8 Å². The van der Waals surface area contributed by atoms with E-state index in [-0.39, 0.29) is 18.3 Å². The quantitative estimate of drug-likeness (QED) is 0.887. The van der Waals surface area contributed by atoms with E-state index < -0.39 is 10.0 Å². The highest BCUT2D eigenvalue weighted by molar-refractivity contribution is 7.89. The van der Waals surface area contributed by atoms with Crippen LogP contribution in [0.3, 0.4) is 0 Å². The van der Waals surface area contributed by atoms with Gasteiger partial charge in [0.15, 0.2) is 0 Å². The average Bonchev–Trinajstić information content (AvgIpc) is 3.07. The Bertz CT molecular complexity index is 617. The van der Waals surface area contributed by atoms with Gasteiger partial charge in [-0.15, -0.1) is 0 Å². The summed E-state index contributed by atoms with van der Waals surface area (Å²) in [5, 5.41) is 9.47. The van der Waals surface area contributed by atoms with Gasteiger partial charge in [0.25, 0.3) is 0 Å². The lowest BCUT2D eigenvalue weighted by Gasteiger charge is -2.32. The predicted octanol–water partition coefficient (Wildman–Crippen LogP) is 1.72. The fourth-order valence-corrected chi connectivity index (χ4v) is 5.48. The molecule has 0 radical (unpaired) electrons. The lowest BCUT2D eigenvalue weighted by molar-refractivity contribution is 0.188. The van der Waals surface area contributed by atoms with E-state index in [9.17, 15) is 13.5 Å². The van der Waals surface area contributed by atoms with Crippen LogP contribution in [0.2, 0.25) is 0 Å². The predicted molar refractivity (Wildman–Crippen MR) is 88.6 cm³/mol. The second-order valence-corrected chi connectivity index (χ2v) is 8.55. The zero-order valence-electron chi connectivity index (χ0n) is 13.4. The Kier molecular flexibility index (Phi) is 5.36. The smallest absolute Gasteiger partial charge is 0.214 e. The highest BCUT2D eigenvalue weighted by Crippen LogP contribution is 2.32. The fraction of sp³-hybridized carbons (Fsp3) is 0.647. The first-order valence-electron chi connectivity index (χ1n) is 8.34. The lowest BCUT2D eigenvalue weighted by atomic mass is 9.87. The van der Waals surface area contributed by atoms with Crippen molar-refractivity contribution in [1.82, 2.24) is 4.31 Å². The molecule has 1 aromatic rings. The summed E-state index contributed by atoms with van der Waals surface area (Å²) in [4.78, 5) is 0. The third-order valence-electron chi connectivity index (χ3n) is 4.98. The molecule has 5 nitrogen and oxygen atoms in total. The minimum atomic E-state index is -3.18. The second kappa shape index (κ2) is 7.30. The van der Waals surface area contributed by atoms with Crippen LogP contribution in [0.5, 0.6) is 0 Å². The van der Waals surface area contributed by atoms with E-state index in [1.54, 1.807) is 4.31 Å². The number of sulfonamides is 1. The Labute approximate surface area is 138 Å². The van der Waals surface area contributed by atoms with Crippen molar-refractivity contribution >= 4 is 10.0 Å². The standard InChI is InChI=1S/C17H25NO4S/c19-11-16-3-1-2-4-17(16)15-5-8-18(9-6-15)23(20,21)13-14-7-10-22-12-14/h1-4,14-15,19H,5-13H2. The van der Waals surface area contributed by atoms with Crippen LogP contribution in [0.1, 0.15) is 36.3 Å². The van der Waals surface area contributed by atoms with Crippen molar-refractivity contribution in [3.8, 4) is 0 Å². The zero-order chi connectivity index (χ0) is 16.3. The largest absolute Gasteiger partial charge is 0.392 e. The van der Waals surface area contributed by atoms with Gasteiger partial charge in [0, 0.05) is 19.7 Å². The van der Waals surface area contributed by atoms with E-state index in [2.05, 4.69) is 6.07 Å². The maximum Gasteiger partial charge on any atom is 0.214 e. The van der Waals surface area contributed by atoms with Gasteiger partial charge in [0.2, 0.25) is 10.0 Å². The number of nitrogens with zero attached hydrogens (tertiary/aromatic N) is 1. The monoisotopic (exact) mass is 339 g/mol. The molecule has 23 heavy (non-hydrogen) atoms. The molecule has 0 amide bonds. The summed E-state index contributed by atoms with van der Waals surface area (Å²) in [5.41, 5.74) is 2.12. The molecule has 2 aliphatic rings. The van der Waals surface area contributed by atoms with Gasteiger partial charge in [-0.2, -0.15) is 0 Å². The Morgan fingerprint density at radius 2 is 1.91 bits per heavy atom. The third-order valence-corrected chi connectivity index (χ3v) is 7.03.